The standard InChI is InChI=1S/C14H24N2O2/c1-11(15-9-14(17)10-18-4)12-5-7-13(8-6-12)16(2)3/h5-8,11,14-15,17H,9-10H2,1-4H3. The topological polar surface area (TPSA) is 44.7 Å². The maximum Gasteiger partial charge on any atom is 0.0897 e. The summed E-state index contributed by atoms with van der Waals surface area (Å²) in [4.78, 5) is 2.07. The van der Waals surface area contributed by atoms with E-state index in [0.717, 1.165) is 0 Å². The number of rotatable bonds is 7. The van der Waals surface area contributed by atoms with Crippen molar-refractivity contribution in [1.29, 1.82) is 0 Å². The van der Waals surface area contributed by atoms with Crippen LogP contribution in [-0.4, -0.2) is 45.6 Å². The number of anilines is 1. The molecular formula is C14H24N2O2. The Balaban J connectivity index is 2.48. The minimum Gasteiger partial charge on any atom is -0.389 e. The van der Waals surface area contributed by atoms with Crippen LogP contribution in [0.15, 0.2) is 24.3 Å². The lowest BCUT2D eigenvalue weighted by Crippen LogP contribution is -2.31. The molecule has 2 atom stereocenters. The Hall–Kier alpha value is -1.10. The highest BCUT2D eigenvalue weighted by atomic mass is 16.5. The van der Waals surface area contributed by atoms with Gasteiger partial charge in [0.2, 0.25) is 0 Å². The van der Waals surface area contributed by atoms with Crippen molar-refractivity contribution in [2.24, 2.45) is 0 Å². The van der Waals surface area contributed by atoms with Crippen LogP contribution in [0.2, 0.25) is 0 Å². The average molecular weight is 252 g/mol. The van der Waals surface area contributed by atoms with E-state index in [0.29, 0.717) is 13.2 Å². The van der Waals surface area contributed by atoms with Crippen LogP contribution in [0.1, 0.15) is 18.5 Å². The summed E-state index contributed by atoms with van der Waals surface area (Å²) in [6.07, 6.45) is -0.460. The number of ether oxygens (including phenoxy) is 1. The number of aliphatic hydroxyl groups excluding tert-OH is 1. The molecule has 0 saturated carbocycles. The summed E-state index contributed by atoms with van der Waals surface area (Å²) in [6.45, 7) is 2.98. The lowest BCUT2D eigenvalue weighted by atomic mass is 10.1. The number of aliphatic hydroxyl groups is 1. The van der Waals surface area contributed by atoms with Gasteiger partial charge in [-0.2, -0.15) is 0 Å². The van der Waals surface area contributed by atoms with Gasteiger partial charge in [0, 0.05) is 39.5 Å². The highest BCUT2D eigenvalue weighted by Gasteiger charge is 2.08. The molecular weight excluding hydrogens is 228 g/mol. The Morgan fingerprint density at radius 2 is 1.89 bits per heavy atom. The molecule has 0 amide bonds. The summed E-state index contributed by atoms with van der Waals surface area (Å²) in [6, 6.07) is 8.62. The van der Waals surface area contributed by atoms with E-state index in [-0.39, 0.29) is 6.04 Å². The molecule has 0 spiro atoms. The fourth-order valence-electron chi connectivity index (χ4n) is 1.74. The second-order valence-corrected chi connectivity index (χ2v) is 4.73. The summed E-state index contributed by atoms with van der Waals surface area (Å²) in [5.41, 5.74) is 2.40. The van der Waals surface area contributed by atoms with Gasteiger partial charge < -0.3 is 20.1 Å². The van der Waals surface area contributed by atoms with E-state index in [1.807, 2.05) is 14.1 Å². The second kappa shape index (κ2) is 7.36. The first-order valence-corrected chi connectivity index (χ1v) is 6.22. The van der Waals surface area contributed by atoms with Crippen molar-refractivity contribution < 1.29 is 9.84 Å². The smallest absolute Gasteiger partial charge is 0.0897 e. The lowest BCUT2D eigenvalue weighted by molar-refractivity contribution is 0.0630. The molecule has 1 rings (SSSR count). The van der Waals surface area contributed by atoms with Crippen LogP contribution in [0, 0.1) is 0 Å². The molecule has 0 heterocycles. The van der Waals surface area contributed by atoms with Crippen LogP contribution in [-0.2, 0) is 4.74 Å². The maximum absolute atomic E-state index is 9.57. The first-order valence-electron chi connectivity index (χ1n) is 6.22. The van der Waals surface area contributed by atoms with Crippen LogP contribution in [0.5, 0.6) is 0 Å². The van der Waals surface area contributed by atoms with Crippen LogP contribution in [0.3, 0.4) is 0 Å². The fraction of sp³-hybridized carbons (Fsp3) is 0.571. The van der Waals surface area contributed by atoms with E-state index in [1.165, 1.54) is 11.3 Å². The van der Waals surface area contributed by atoms with Gasteiger partial charge >= 0.3 is 0 Å². The average Bonchev–Trinajstić information content (AvgIpc) is 2.36. The van der Waals surface area contributed by atoms with Gasteiger partial charge in [0.05, 0.1) is 12.7 Å². The van der Waals surface area contributed by atoms with E-state index in [2.05, 4.69) is 41.4 Å². The third-order valence-corrected chi connectivity index (χ3v) is 2.93. The molecule has 0 radical (unpaired) electrons. The summed E-state index contributed by atoms with van der Waals surface area (Å²) < 4.78 is 4.89. The molecule has 0 fully saturated rings. The predicted octanol–water partition coefficient (Wildman–Crippen LogP) is 1.41. The molecule has 2 N–H and O–H groups in total. The van der Waals surface area contributed by atoms with E-state index in [4.69, 9.17) is 4.74 Å². The van der Waals surface area contributed by atoms with E-state index in [1.54, 1.807) is 7.11 Å². The molecule has 0 aromatic heterocycles. The number of methoxy groups -OCH3 is 1. The molecule has 4 nitrogen and oxygen atoms in total. The zero-order valence-electron chi connectivity index (χ0n) is 11.7. The zero-order valence-corrected chi connectivity index (χ0v) is 11.7. The van der Waals surface area contributed by atoms with Crippen molar-refractivity contribution in [3.05, 3.63) is 29.8 Å². The molecule has 2 unspecified atom stereocenters. The molecule has 1 aromatic carbocycles. The number of nitrogens with zero attached hydrogens (tertiary/aromatic N) is 1. The Morgan fingerprint density at radius 1 is 1.28 bits per heavy atom. The van der Waals surface area contributed by atoms with E-state index in [9.17, 15) is 5.11 Å². The van der Waals surface area contributed by atoms with E-state index >= 15 is 0 Å². The monoisotopic (exact) mass is 252 g/mol. The van der Waals surface area contributed by atoms with Crippen LogP contribution in [0.4, 0.5) is 5.69 Å². The van der Waals surface area contributed by atoms with Crippen molar-refractivity contribution in [2.45, 2.75) is 19.1 Å². The summed E-state index contributed by atoms with van der Waals surface area (Å²) in [7, 11) is 5.64. The minimum absolute atomic E-state index is 0.215. The van der Waals surface area contributed by atoms with Gasteiger partial charge in [0.15, 0.2) is 0 Å². The third-order valence-electron chi connectivity index (χ3n) is 2.93. The molecule has 0 saturated heterocycles. The summed E-state index contributed by atoms with van der Waals surface area (Å²) in [5, 5.41) is 12.9. The van der Waals surface area contributed by atoms with Gasteiger partial charge in [-0.25, -0.2) is 0 Å². The number of nitrogens with one attached hydrogen (secondary N) is 1. The van der Waals surface area contributed by atoms with Gasteiger partial charge in [-0.05, 0) is 24.6 Å². The highest BCUT2D eigenvalue weighted by Crippen LogP contribution is 2.17. The van der Waals surface area contributed by atoms with Gasteiger partial charge in [-0.3, -0.25) is 0 Å². The molecule has 0 aliphatic rings. The van der Waals surface area contributed by atoms with E-state index < -0.39 is 6.10 Å². The van der Waals surface area contributed by atoms with Crippen molar-refractivity contribution >= 4 is 5.69 Å². The number of hydrogen-bond donors (Lipinski definition) is 2. The first kappa shape index (κ1) is 15.0. The van der Waals surface area contributed by atoms with Gasteiger partial charge in [-0.15, -0.1) is 0 Å². The van der Waals surface area contributed by atoms with Crippen molar-refractivity contribution in [3.8, 4) is 0 Å². The van der Waals surface area contributed by atoms with Crippen molar-refractivity contribution in [2.75, 3.05) is 39.3 Å². The molecule has 4 heteroatoms. The van der Waals surface area contributed by atoms with Crippen molar-refractivity contribution in [1.82, 2.24) is 5.32 Å². The zero-order chi connectivity index (χ0) is 13.5. The number of hydrogen-bond acceptors (Lipinski definition) is 4. The molecule has 1 aromatic rings. The Kier molecular flexibility index (Phi) is 6.12. The minimum atomic E-state index is -0.460. The SMILES string of the molecule is COCC(O)CNC(C)c1ccc(N(C)C)cc1. The van der Waals surface area contributed by atoms with Crippen molar-refractivity contribution in [3.63, 3.8) is 0 Å². The maximum atomic E-state index is 9.57. The van der Waals surface area contributed by atoms with Crippen LogP contribution < -0.4 is 10.2 Å². The van der Waals surface area contributed by atoms with Gasteiger partial charge in [0.25, 0.3) is 0 Å². The third kappa shape index (κ3) is 4.64. The Morgan fingerprint density at radius 3 is 2.39 bits per heavy atom. The lowest BCUT2D eigenvalue weighted by Gasteiger charge is -2.18. The second-order valence-electron chi connectivity index (χ2n) is 4.73. The molecule has 18 heavy (non-hydrogen) atoms. The Labute approximate surface area is 110 Å². The first-order chi connectivity index (χ1) is 8.54. The summed E-state index contributed by atoms with van der Waals surface area (Å²) >= 11 is 0. The molecule has 0 aliphatic heterocycles. The van der Waals surface area contributed by atoms with Crippen LogP contribution in [0.25, 0.3) is 0 Å². The predicted molar refractivity (Wildman–Crippen MR) is 75.1 cm³/mol. The molecule has 102 valence electrons. The summed E-state index contributed by atoms with van der Waals surface area (Å²) in [5.74, 6) is 0. The molecule has 0 aliphatic carbocycles. The number of benzene rings is 1. The normalized spacial score (nSPS) is 14.3. The van der Waals surface area contributed by atoms with Gasteiger partial charge in [-0.1, -0.05) is 12.1 Å². The quantitative estimate of drug-likeness (QED) is 0.770. The largest absolute Gasteiger partial charge is 0.389 e. The Bertz CT molecular complexity index is 338. The fourth-order valence-corrected chi connectivity index (χ4v) is 1.74. The van der Waals surface area contributed by atoms with Crippen LogP contribution >= 0.6 is 0 Å². The van der Waals surface area contributed by atoms with Gasteiger partial charge in [0.1, 0.15) is 0 Å². The molecule has 0 bridgehead atoms. The highest BCUT2D eigenvalue weighted by molar-refractivity contribution is 5.46.